The van der Waals surface area contributed by atoms with Gasteiger partial charge in [-0.3, -0.25) is 4.79 Å². The Morgan fingerprint density at radius 3 is 2.68 bits per heavy atom. The van der Waals surface area contributed by atoms with Gasteiger partial charge in [-0.15, -0.1) is 0 Å². The lowest BCUT2D eigenvalue weighted by Crippen LogP contribution is -2.06. The molecule has 0 saturated heterocycles. The summed E-state index contributed by atoms with van der Waals surface area (Å²) in [5.74, 6) is 0.0832. The second kappa shape index (κ2) is 5.57. The normalized spacial score (nSPS) is 16.2. The molecule has 1 aliphatic rings. The Morgan fingerprint density at radius 2 is 2.05 bits per heavy atom. The molecule has 0 fully saturated rings. The molecule has 1 aliphatic heterocycles. The Morgan fingerprint density at radius 1 is 1.37 bits per heavy atom. The second-order valence-electron chi connectivity index (χ2n) is 6.32. The van der Waals surface area contributed by atoms with Gasteiger partial charge in [-0.05, 0) is 35.4 Å². The molecule has 0 bridgehead atoms. The molecule has 2 nitrogen and oxygen atoms in total. The van der Waals surface area contributed by atoms with Gasteiger partial charge in [0.2, 0.25) is 5.91 Å². The number of rotatable bonds is 3. The van der Waals surface area contributed by atoms with E-state index in [2.05, 4.69) is 64.0 Å². The Kier molecular flexibility index (Phi) is 4.41. The number of nitrogens with one attached hydrogen (secondary N) is 1. The van der Waals surface area contributed by atoms with Gasteiger partial charge in [-0.25, -0.2) is 0 Å². The van der Waals surface area contributed by atoms with E-state index in [0.29, 0.717) is 16.7 Å². The third-order valence-electron chi connectivity index (χ3n) is 3.33. The third-order valence-corrected chi connectivity index (χ3v) is 4.97. The zero-order valence-corrected chi connectivity index (χ0v) is 14.7. The molecule has 2 rings (SSSR count). The fourth-order valence-electron chi connectivity index (χ4n) is 2.22. The van der Waals surface area contributed by atoms with E-state index in [0.717, 1.165) is 28.6 Å². The van der Waals surface area contributed by atoms with Crippen LogP contribution in [0.5, 0.6) is 0 Å². The standard InChI is InChI=1S/C15H19Br2NO/c1-15(2,3)5-4-11(16)10-6-9-7-14(19)18-13(9)8-12(10)17/h6,8,11H,4-5,7H2,1-3H3,(H,18,19). The highest BCUT2D eigenvalue weighted by Gasteiger charge is 2.22. The van der Waals surface area contributed by atoms with Crippen LogP contribution in [0.2, 0.25) is 0 Å². The van der Waals surface area contributed by atoms with Crippen molar-refractivity contribution in [1.29, 1.82) is 0 Å². The molecule has 0 aliphatic carbocycles. The van der Waals surface area contributed by atoms with Crippen LogP contribution in [0.15, 0.2) is 16.6 Å². The van der Waals surface area contributed by atoms with E-state index in [1.165, 1.54) is 5.56 Å². The predicted octanol–water partition coefficient (Wildman–Crippen LogP) is 5.21. The Balaban J connectivity index is 2.17. The summed E-state index contributed by atoms with van der Waals surface area (Å²) in [5, 5.41) is 2.88. The Hall–Kier alpha value is -0.350. The molecular formula is C15H19Br2NO. The summed E-state index contributed by atoms with van der Waals surface area (Å²) >= 11 is 7.39. The number of carbonyl (C=O) groups excluding carboxylic acids is 1. The van der Waals surface area contributed by atoms with Crippen LogP contribution in [-0.2, 0) is 11.2 Å². The summed E-state index contributed by atoms with van der Waals surface area (Å²) in [6.07, 6.45) is 2.74. The van der Waals surface area contributed by atoms with Gasteiger partial charge in [0.05, 0.1) is 6.42 Å². The number of hydrogen-bond acceptors (Lipinski definition) is 1. The van der Waals surface area contributed by atoms with E-state index in [9.17, 15) is 4.79 Å². The van der Waals surface area contributed by atoms with E-state index in [1.807, 2.05) is 6.07 Å². The molecule has 1 aromatic carbocycles. The topological polar surface area (TPSA) is 29.1 Å². The average Bonchev–Trinajstić information content (AvgIpc) is 2.63. The monoisotopic (exact) mass is 387 g/mol. The van der Waals surface area contributed by atoms with Crippen molar-refractivity contribution in [3.8, 4) is 0 Å². The van der Waals surface area contributed by atoms with Crippen LogP contribution >= 0.6 is 31.9 Å². The lowest BCUT2D eigenvalue weighted by atomic mass is 9.89. The van der Waals surface area contributed by atoms with Crippen molar-refractivity contribution in [2.45, 2.75) is 44.9 Å². The van der Waals surface area contributed by atoms with Gasteiger partial charge in [0.15, 0.2) is 0 Å². The van der Waals surface area contributed by atoms with Gasteiger partial charge in [0, 0.05) is 15.0 Å². The highest BCUT2D eigenvalue weighted by atomic mass is 79.9. The molecule has 1 aromatic rings. The maximum Gasteiger partial charge on any atom is 0.228 e. The van der Waals surface area contributed by atoms with Gasteiger partial charge in [-0.1, -0.05) is 58.7 Å². The molecular weight excluding hydrogens is 370 g/mol. The number of benzene rings is 1. The van der Waals surface area contributed by atoms with Crippen molar-refractivity contribution in [1.82, 2.24) is 0 Å². The molecule has 1 amide bonds. The highest BCUT2D eigenvalue weighted by Crippen LogP contribution is 2.39. The predicted molar refractivity (Wildman–Crippen MR) is 86.8 cm³/mol. The van der Waals surface area contributed by atoms with Crippen LogP contribution < -0.4 is 5.32 Å². The zero-order valence-electron chi connectivity index (χ0n) is 11.5. The summed E-state index contributed by atoms with van der Waals surface area (Å²) in [5.41, 5.74) is 3.62. The largest absolute Gasteiger partial charge is 0.325 e. The first-order valence-corrected chi connectivity index (χ1v) is 8.23. The van der Waals surface area contributed by atoms with Crippen molar-refractivity contribution in [2.24, 2.45) is 5.41 Å². The summed E-state index contributed by atoms with van der Waals surface area (Å²) in [6, 6.07) is 4.15. The fourth-order valence-corrected chi connectivity index (χ4v) is 3.76. The Bertz CT molecular complexity index is 506. The van der Waals surface area contributed by atoms with Gasteiger partial charge in [-0.2, -0.15) is 0 Å². The molecule has 1 unspecified atom stereocenters. The number of anilines is 1. The van der Waals surface area contributed by atoms with Crippen molar-refractivity contribution < 1.29 is 4.79 Å². The summed E-state index contributed by atoms with van der Waals surface area (Å²) in [7, 11) is 0. The molecule has 1 N–H and O–H groups in total. The molecule has 0 spiro atoms. The van der Waals surface area contributed by atoms with Crippen molar-refractivity contribution in [3.63, 3.8) is 0 Å². The fraction of sp³-hybridized carbons (Fsp3) is 0.533. The van der Waals surface area contributed by atoms with E-state index in [1.54, 1.807) is 0 Å². The first-order valence-electron chi connectivity index (χ1n) is 6.52. The van der Waals surface area contributed by atoms with Crippen LogP contribution in [0.25, 0.3) is 0 Å². The minimum Gasteiger partial charge on any atom is -0.325 e. The first kappa shape index (κ1) is 15.0. The lowest BCUT2D eigenvalue weighted by molar-refractivity contribution is -0.115. The highest BCUT2D eigenvalue weighted by molar-refractivity contribution is 9.11. The molecule has 4 heteroatoms. The van der Waals surface area contributed by atoms with E-state index in [4.69, 9.17) is 0 Å². The van der Waals surface area contributed by atoms with Gasteiger partial charge in [0.1, 0.15) is 0 Å². The third kappa shape index (κ3) is 3.82. The Labute approximate surface area is 131 Å². The van der Waals surface area contributed by atoms with Crippen molar-refractivity contribution in [3.05, 3.63) is 27.7 Å². The van der Waals surface area contributed by atoms with E-state index >= 15 is 0 Å². The number of alkyl halides is 1. The average molecular weight is 389 g/mol. The number of carbonyl (C=O) groups is 1. The van der Waals surface area contributed by atoms with Gasteiger partial charge < -0.3 is 5.32 Å². The quantitative estimate of drug-likeness (QED) is 0.707. The van der Waals surface area contributed by atoms with E-state index < -0.39 is 0 Å². The molecule has 1 atom stereocenters. The SMILES string of the molecule is CC(C)(C)CCC(Br)c1cc2c(cc1Br)NC(=O)C2. The van der Waals surface area contributed by atoms with Crippen molar-refractivity contribution in [2.75, 3.05) is 5.32 Å². The van der Waals surface area contributed by atoms with Gasteiger partial charge in [0.25, 0.3) is 0 Å². The zero-order chi connectivity index (χ0) is 14.2. The van der Waals surface area contributed by atoms with Gasteiger partial charge >= 0.3 is 0 Å². The van der Waals surface area contributed by atoms with Crippen LogP contribution in [0, 0.1) is 5.41 Å². The molecule has 1 heterocycles. The van der Waals surface area contributed by atoms with E-state index in [-0.39, 0.29) is 5.91 Å². The number of amides is 1. The molecule has 19 heavy (non-hydrogen) atoms. The maximum absolute atomic E-state index is 11.4. The minimum absolute atomic E-state index is 0.0832. The van der Waals surface area contributed by atoms with Crippen LogP contribution in [0.4, 0.5) is 5.69 Å². The second-order valence-corrected chi connectivity index (χ2v) is 8.28. The van der Waals surface area contributed by atoms with Crippen LogP contribution in [-0.4, -0.2) is 5.91 Å². The van der Waals surface area contributed by atoms with Crippen LogP contribution in [0.3, 0.4) is 0 Å². The number of halogens is 2. The number of fused-ring (bicyclic) bond motifs is 1. The summed E-state index contributed by atoms with van der Waals surface area (Å²) < 4.78 is 1.06. The number of hydrogen-bond donors (Lipinski definition) is 1. The summed E-state index contributed by atoms with van der Waals surface area (Å²) in [6.45, 7) is 6.77. The summed E-state index contributed by atoms with van der Waals surface area (Å²) in [4.78, 5) is 11.7. The molecule has 0 saturated carbocycles. The molecule has 0 radical (unpaired) electrons. The first-order chi connectivity index (χ1) is 8.76. The smallest absolute Gasteiger partial charge is 0.228 e. The minimum atomic E-state index is 0.0832. The molecule has 104 valence electrons. The maximum atomic E-state index is 11.4. The van der Waals surface area contributed by atoms with Crippen molar-refractivity contribution >= 4 is 43.5 Å². The molecule has 0 aromatic heterocycles. The lowest BCUT2D eigenvalue weighted by Gasteiger charge is -2.21. The van der Waals surface area contributed by atoms with Crippen LogP contribution in [0.1, 0.15) is 49.6 Å².